The van der Waals surface area contributed by atoms with Gasteiger partial charge in [-0.3, -0.25) is 4.99 Å². The molecule has 74 valence electrons. The molecule has 4 rings (SSSR count). The van der Waals surface area contributed by atoms with Crippen molar-refractivity contribution in [2.75, 3.05) is 13.1 Å². The highest BCUT2D eigenvalue weighted by molar-refractivity contribution is 8.17. The molecule has 2 aliphatic heterocycles. The Bertz CT molecular complexity index is 365. The van der Waals surface area contributed by atoms with Gasteiger partial charge in [-0.05, 0) is 37.5 Å². The summed E-state index contributed by atoms with van der Waals surface area (Å²) < 4.78 is 0. The van der Waals surface area contributed by atoms with Crippen LogP contribution in [-0.2, 0) is 0 Å². The zero-order valence-corrected chi connectivity index (χ0v) is 9.07. The maximum Gasteiger partial charge on any atom is 0.168 e. The predicted molar refractivity (Wildman–Crippen MR) is 59.1 cm³/mol. The van der Waals surface area contributed by atoms with Gasteiger partial charge in [0.1, 0.15) is 0 Å². The molecule has 0 unspecified atom stereocenters. The summed E-state index contributed by atoms with van der Waals surface area (Å²) in [5.41, 5.74) is 2.38. The normalized spacial score (nSPS) is 32.0. The van der Waals surface area contributed by atoms with Gasteiger partial charge in [-0.2, -0.15) is 0 Å². The molecule has 4 aliphatic rings. The van der Waals surface area contributed by atoms with Gasteiger partial charge in [0.15, 0.2) is 5.17 Å². The third-order valence-electron chi connectivity index (χ3n) is 4.05. The van der Waals surface area contributed by atoms with Gasteiger partial charge in [0.05, 0.1) is 6.54 Å². The molecule has 0 aromatic rings. The fourth-order valence-electron chi connectivity index (χ4n) is 2.91. The second-order valence-corrected chi connectivity index (χ2v) is 6.03. The number of hydrogen-bond acceptors (Lipinski definition) is 3. The molecular weight excluding hydrogens is 192 g/mol. The second-order valence-electron chi connectivity index (χ2n) is 4.96. The quantitative estimate of drug-likeness (QED) is 0.605. The highest BCUT2D eigenvalue weighted by Gasteiger charge is 2.48. The number of nitrogens with zero attached hydrogens (tertiary/aromatic N) is 2. The van der Waals surface area contributed by atoms with Crippen molar-refractivity contribution in [1.29, 1.82) is 0 Å². The largest absolute Gasteiger partial charge is 0.322 e. The number of hydrogen-bond donors (Lipinski definition) is 0. The van der Waals surface area contributed by atoms with E-state index in [1.165, 1.54) is 37.3 Å². The smallest absolute Gasteiger partial charge is 0.168 e. The van der Waals surface area contributed by atoms with Crippen molar-refractivity contribution in [1.82, 2.24) is 4.90 Å². The molecule has 0 aromatic carbocycles. The van der Waals surface area contributed by atoms with Gasteiger partial charge in [-0.15, -0.1) is 0 Å². The lowest BCUT2D eigenvalue weighted by Gasteiger charge is -2.25. The minimum absolute atomic E-state index is 0.756. The Morgan fingerprint density at radius 3 is 3.07 bits per heavy atom. The van der Waals surface area contributed by atoms with Crippen molar-refractivity contribution in [2.24, 2.45) is 10.4 Å². The van der Waals surface area contributed by atoms with Crippen LogP contribution in [0.5, 0.6) is 0 Å². The molecule has 2 aliphatic carbocycles. The molecule has 14 heavy (non-hydrogen) atoms. The Labute approximate surface area is 88.5 Å². The van der Waals surface area contributed by atoms with Crippen molar-refractivity contribution in [2.45, 2.75) is 32.1 Å². The average Bonchev–Trinajstić information content (AvgIpc) is 2.64. The fourth-order valence-corrected chi connectivity index (χ4v) is 4.31. The van der Waals surface area contributed by atoms with Crippen LogP contribution in [0.2, 0.25) is 0 Å². The molecular formula is C11H14N2S. The number of amidine groups is 1. The van der Waals surface area contributed by atoms with Crippen molar-refractivity contribution >= 4 is 16.9 Å². The number of rotatable bonds is 0. The summed E-state index contributed by atoms with van der Waals surface area (Å²) in [7, 11) is 0. The van der Waals surface area contributed by atoms with Crippen LogP contribution < -0.4 is 0 Å². The van der Waals surface area contributed by atoms with Gasteiger partial charge in [0.25, 0.3) is 0 Å². The van der Waals surface area contributed by atoms with Gasteiger partial charge >= 0.3 is 0 Å². The predicted octanol–water partition coefficient (Wildman–Crippen LogP) is 2.58. The first-order chi connectivity index (χ1) is 6.86. The molecule has 0 bridgehead atoms. The van der Waals surface area contributed by atoms with Crippen molar-refractivity contribution in [3.8, 4) is 0 Å². The summed E-state index contributed by atoms with van der Waals surface area (Å²) >= 11 is 1.96. The van der Waals surface area contributed by atoms with Crippen molar-refractivity contribution < 1.29 is 0 Å². The molecule has 0 radical (unpaired) electrons. The monoisotopic (exact) mass is 206 g/mol. The number of allylic oxidation sites excluding steroid dienone is 2. The summed E-state index contributed by atoms with van der Waals surface area (Å²) in [6.07, 6.45) is 7.09. The first kappa shape index (κ1) is 7.80. The Hall–Kier alpha value is -0.440. The highest BCUT2D eigenvalue weighted by Crippen LogP contribution is 2.61. The van der Waals surface area contributed by atoms with E-state index in [0.29, 0.717) is 0 Å². The molecule has 0 N–H and O–H groups in total. The molecule has 1 spiro atoms. The first-order valence-electron chi connectivity index (χ1n) is 5.58. The molecule has 0 atom stereocenters. The summed E-state index contributed by atoms with van der Waals surface area (Å²) in [5.74, 6) is 0. The summed E-state index contributed by atoms with van der Waals surface area (Å²) in [6.45, 7) is 2.17. The summed E-state index contributed by atoms with van der Waals surface area (Å²) in [6, 6.07) is 0. The zero-order valence-electron chi connectivity index (χ0n) is 8.25. The van der Waals surface area contributed by atoms with E-state index in [4.69, 9.17) is 0 Å². The number of fused-ring (bicyclic) bond motifs is 2. The standard InChI is InChI=1S/C11H14N2S/c1-2-11(3-4-11)7-9-8(1)13-6-5-12-10(13)14-9/h1-7H2. The summed E-state index contributed by atoms with van der Waals surface area (Å²) in [5, 5.41) is 1.30. The fraction of sp³-hybridized carbons (Fsp3) is 0.727. The van der Waals surface area contributed by atoms with Crippen LogP contribution in [-0.4, -0.2) is 23.2 Å². The van der Waals surface area contributed by atoms with Crippen LogP contribution in [0.25, 0.3) is 0 Å². The third-order valence-corrected chi connectivity index (χ3v) is 5.21. The Kier molecular flexibility index (Phi) is 1.33. The Morgan fingerprint density at radius 2 is 2.21 bits per heavy atom. The van der Waals surface area contributed by atoms with E-state index >= 15 is 0 Å². The SMILES string of the molecule is C1CN2C(=N1)SC1=C2CCC2(CC2)C1. The van der Waals surface area contributed by atoms with E-state index in [0.717, 1.165) is 18.5 Å². The maximum atomic E-state index is 4.55. The first-order valence-corrected chi connectivity index (χ1v) is 6.40. The van der Waals surface area contributed by atoms with Crippen LogP contribution in [0, 0.1) is 5.41 Å². The zero-order chi connectivity index (χ0) is 9.17. The number of aliphatic imine (C=N–C) groups is 1. The molecule has 0 amide bonds. The van der Waals surface area contributed by atoms with Crippen molar-refractivity contribution in [3.05, 3.63) is 10.6 Å². The average molecular weight is 206 g/mol. The van der Waals surface area contributed by atoms with Crippen LogP contribution in [0.4, 0.5) is 0 Å². The van der Waals surface area contributed by atoms with Gasteiger partial charge in [-0.25, -0.2) is 0 Å². The number of thioether (sulfide) groups is 1. The topological polar surface area (TPSA) is 15.6 Å². The lowest BCUT2D eigenvalue weighted by Crippen LogP contribution is -2.23. The van der Waals surface area contributed by atoms with E-state index < -0.39 is 0 Å². The maximum absolute atomic E-state index is 4.55. The lowest BCUT2D eigenvalue weighted by atomic mass is 9.89. The van der Waals surface area contributed by atoms with Crippen LogP contribution >= 0.6 is 11.8 Å². The molecule has 3 heteroatoms. The van der Waals surface area contributed by atoms with E-state index in [1.807, 2.05) is 11.8 Å². The second kappa shape index (κ2) is 2.38. The van der Waals surface area contributed by atoms with Crippen LogP contribution in [0.1, 0.15) is 32.1 Å². The Morgan fingerprint density at radius 1 is 1.29 bits per heavy atom. The van der Waals surface area contributed by atoms with Gasteiger partial charge < -0.3 is 4.90 Å². The summed E-state index contributed by atoms with van der Waals surface area (Å²) in [4.78, 5) is 8.68. The third kappa shape index (κ3) is 0.914. The van der Waals surface area contributed by atoms with E-state index in [9.17, 15) is 0 Å². The van der Waals surface area contributed by atoms with Crippen LogP contribution in [0.15, 0.2) is 15.6 Å². The van der Waals surface area contributed by atoms with E-state index in [1.54, 1.807) is 10.6 Å². The Balaban J connectivity index is 1.70. The van der Waals surface area contributed by atoms with Gasteiger partial charge in [0.2, 0.25) is 0 Å². The minimum Gasteiger partial charge on any atom is -0.322 e. The lowest BCUT2D eigenvalue weighted by molar-refractivity contribution is 0.404. The highest BCUT2D eigenvalue weighted by atomic mass is 32.2. The van der Waals surface area contributed by atoms with Gasteiger partial charge in [0, 0.05) is 17.1 Å². The molecule has 1 saturated carbocycles. The molecule has 2 heterocycles. The van der Waals surface area contributed by atoms with E-state index in [2.05, 4.69) is 9.89 Å². The minimum atomic E-state index is 0.756. The molecule has 2 nitrogen and oxygen atoms in total. The van der Waals surface area contributed by atoms with Gasteiger partial charge in [-0.1, -0.05) is 11.8 Å². The molecule has 0 aromatic heterocycles. The van der Waals surface area contributed by atoms with Crippen molar-refractivity contribution in [3.63, 3.8) is 0 Å². The molecule has 0 saturated heterocycles. The van der Waals surface area contributed by atoms with Crippen LogP contribution in [0.3, 0.4) is 0 Å². The van der Waals surface area contributed by atoms with E-state index in [-0.39, 0.29) is 0 Å². The molecule has 1 fully saturated rings.